The highest BCUT2D eigenvalue weighted by Crippen LogP contribution is 2.15. The summed E-state index contributed by atoms with van der Waals surface area (Å²) in [6.07, 6.45) is 3.13. The van der Waals surface area contributed by atoms with Crippen LogP contribution in [0.5, 0.6) is 0 Å². The summed E-state index contributed by atoms with van der Waals surface area (Å²) < 4.78 is 0.943. The number of halogens is 1. The van der Waals surface area contributed by atoms with Crippen LogP contribution in [0.4, 0.5) is 5.82 Å². The molecule has 2 heterocycles. The maximum Gasteiger partial charge on any atom is 0.251 e. The van der Waals surface area contributed by atoms with Crippen molar-refractivity contribution >= 4 is 38.7 Å². The summed E-state index contributed by atoms with van der Waals surface area (Å²) in [5.41, 5.74) is 1.30. The zero-order chi connectivity index (χ0) is 15.4. The van der Waals surface area contributed by atoms with Crippen molar-refractivity contribution in [3.8, 4) is 0 Å². The van der Waals surface area contributed by atoms with Crippen molar-refractivity contribution in [2.75, 3.05) is 18.4 Å². The van der Waals surface area contributed by atoms with E-state index in [1.165, 1.54) is 6.33 Å². The molecule has 3 aromatic rings. The molecule has 7 nitrogen and oxygen atoms in total. The molecule has 112 valence electrons. The number of fused-ring (bicyclic) bond motifs is 1. The molecule has 1 amide bonds. The highest BCUT2D eigenvalue weighted by atomic mass is 79.9. The van der Waals surface area contributed by atoms with Gasteiger partial charge in [-0.25, -0.2) is 9.97 Å². The van der Waals surface area contributed by atoms with Crippen LogP contribution in [0.1, 0.15) is 10.4 Å². The number of nitrogens with zero attached hydrogens (tertiary/aromatic N) is 3. The van der Waals surface area contributed by atoms with Crippen LogP contribution < -0.4 is 10.6 Å². The molecule has 0 aliphatic carbocycles. The quantitative estimate of drug-likeness (QED) is 0.604. The fourth-order valence-corrected chi connectivity index (χ4v) is 2.23. The van der Waals surface area contributed by atoms with Crippen molar-refractivity contribution in [3.05, 3.63) is 46.8 Å². The number of benzene rings is 1. The van der Waals surface area contributed by atoms with Crippen molar-refractivity contribution in [1.82, 2.24) is 25.5 Å². The van der Waals surface area contributed by atoms with Gasteiger partial charge in [0.15, 0.2) is 5.65 Å². The Balaban J connectivity index is 1.52. The van der Waals surface area contributed by atoms with E-state index in [9.17, 15) is 4.79 Å². The van der Waals surface area contributed by atoms with Gasteiger partial charge < -0.3 is 10.6 Å². The van der Waals surface area contributed by atoms with Crippen LogP contribution in [-0.4, -0.2) is 39.2 Å². The van der Waals surface area contributed by atoms with Gasteiger partial charge in [0.2, 0.25) is 0 Å². The average molecular weight is 361 g/mol. The first-order valence-corrected chi connectivity index (χ1v) is 7.45. The van der Waals surface area contributed by atoms with Crippen LogP contribution >= 0.6 is 15.9 Å². The van der Waals surface area contributed by atoms with Gasteiger partial charge in [-0.15, -0.1) is 0 Å². The topological polar surface area (TPSA) is 95.6 Å². The Morgan fingerprint density at radius 3 is 2.82 bits per heavy atom. The largest absolute Gasteiger partial charge is 0.368 e. The third-order valence-corrected chi connectivity index (χ3v) is 3.59. The van der Waals surface area contributed by atoms with E-state index in [-0.39, 0.29) is 5.91 Å². The van der Waals surface area contributed by atoms with Crippen molar-refractivity contribution in [2.24, 2.45) is 0 Å². The van der Waals surface area contributed by atoms with Crippen molar-refractivity contribution < 1.29 is 4.79 Å². The Kier molecular flexibility index (Phi) is 4.29. The molecule has 0 aliphatic rings. The van der Waals surface area contributed by atoms with Gasteiger partial charge in [0.25, 0.3) is 5.91 Å². The third kappa shape index (κ3) is 3.22. The van der Waals surface area contributed by atoms with E-state index in [1.54, 1.807) is 18.3 Å². The maximum absolute atomic E-state index is 11.9. The molecule has 0 saturated heterocycles. The first-order valence-electron chi connectivity index (χ1n) is 6.66. The summed E-state index contributed by atoms with van der Waals surface area (Å²) >= 11 is 3.34. The Labute approximate surface area is 134 Å². The van der Waals surface area contributed by atoms with Crippen LogP contribution in [0.2, 0.25) is 0 Å². The van der Waals surface area contributed by atoms with Gasteiger partial charge >= 0.3 is 0 Å². The number of carbonyl (C=O) groups excluding carboxylic acids is 1. The minimum atomic E-state index is -0.106. The van der Waals surface area contributed by atoms with Gasteiger partial charge in [0.05, 0.1) is 11.6 Å². The molecule has 0 atom stereocenters. The monoisotopic (exact) mass is 360 g/mol. The van der Waals surface area contributed by atoms with E-state index in [0.717, 1.165) is 9.86 Å². The van der Waals surface area contributed by atoms with Crippen LogP contribution in [0, 0.1) is 0 Å². The zero-order valence-electron chi connectivity index (χ0n) is 11.5. The number of carbonyl (C=O) groups is 1. The second-order valence-electron chi connectivity index (χ2n) is 4.54. The molecule has 0 aliphatic heterocycles. The molecule has 3 rings (SSSR count). The number of hydrogen-bond acceptors (Lipinski definition) is 5. The Morgan fingerprint density at radius 2 is 2.00 bits per heavy atom. The lowest BCUT2D eigenvalue weighted by Crippen LogP contribution is -2.28. The normalized spacial score (nSPS) is 10.6. The lowest BCUT2D eigenvalue weighted by molar-refractivity contribution is 0.0955. The van der Waals surface area contributed by atoms with Crippen molar-refractivity contribution in [1.29, 1.82) is 0 Å². The summed E-state index contributed by atoms with van der Waals surface area (Å²) in [5, 5.41) is 13.5. The van der Waals surface area contributed by atoms with Crippen molar-refractivity contribution in [2.45, 2.75) is 0 Å². The molecule has 0 saturated carbocycles. The van der Waals surface area contributed by atoms with Crippen molar-refractivity contribution in [3.63, 3.8) is 0 Å². The summed E-state index contributed by atoms with van der Waals surface area (Å²) in [6.45, 7) is 1.04. The molecule has 1 aromatic carbocycles. The summed E-state index contributed by atoms with van der Waals surface area (Å²) in [5.74, 6) is 0.585. The molecular weight excluding hydrogens is 348 g/mol. The smallest absolute Gasteiger partial charge is 0.251 e. The molecule has 3 N–H and O–H groups in total. The van der Waals surface area contributed by atoms with E-state index < -0.39 is 0 Å². The summed E-state index contributed by atoms with van der Waals surface area (Å²) in [7, 11) is 0. The van der Waals surface area contributed by atoms with E-state index in [1.807, 2.05) is 12.1 Å². The highest BCUT2D eigenvalue weighted by molar-refractivity contribution is 9.10. The van der Waals surface area contributed by atoms with Crippen LogP contribution in [0.15, 0.2) is 41.3 Å². The number of aromatic amines is 1. The molecule has 0 unspecified atom stereocenters. The number of anilines is 1. The molecule has 0 spiro atoms. The minimum Gasteiger partial charge on any atom is -0.368 e. The van der Waals surface area contributed by atoms with Crippen LogP contribution in [0.3, 0.4) is 0 Å². The van der Waals surface area contributed by atoms with E-state index in [4.69, 9.17) is 0 Å². The fourth-order valence-electron chi connectivity index (χ4n) is 1.97. The van der Waals surface area contributed by atoms with Crippen LogP contribution in [0.25, 0.3) is 11.0 Å². The van der Waals surface area contributed by atoms with Gasteiger partial charge in [-0.1, -0.05) is 15.9 Å². The standard InChI is InChI=1S/C14H13BrN6O/c15-10-3-1-9(2-4-10)14(22)17-6-5-16-12-11-7-20-21-13(11)19-8-18-12/h1-4,7-8H,5-6H2,(H,17,22)(H2,16,18,19,20,21). The predicted octanol–water partition coefficient (Wildman–Crippen LogP) is 1.96. The first kappa shape index (κ1) is 14.5. The van der Waals surface area contributed by atoms with Gasteiger partial charge in [-0.2, -0.15) is 5.10 Å². The Bertz CT molecular complexity index is 785. The summed E-state index contributed by atoms with van der Waals surface area (Å²) in [4.78, 5) is 20.2. The Hall–Kier alpha value is -2.48. The van der Waals surface area contributed by atoms with Gasteiger partial charge in [-0.3, -0.25) is 9.89 Å². The zero-order valence-corrected chi connectivity index (χ0v) is 13.1. The Morgan fingerprint density at radius 1 is 1.18 bits per heavy atom. The number of H-pyrrole nitrogens is 1. The predicted molar refractivity (Wildman–Crippen MR) is 86.6 cm³/mol. The molecular formula is C14H13BrN6O. The molecule has 2 aromatic heterocycles. The molecule has 22 heavy (non-hydrogen) atoms. The second kappa shape index (κ2) is 6.52. The van der Waals surface area contributed by atoms with E-state index in [0.29, 0.717) is 30.1 Å². The summed E-state index contributed by atoms with van der Waals surface area (Å²) in [6, 6.07) is 7.21. The molecule has 0 fully saturated rings. The molecule has 0 bridgehead atoms. The number of amides is 1. The minimum absolute atomic E-state index is 0.106. The van der Waals surface area contributed by atoms with Gasteiger partial charge in [-0.05, 0) is 24.3 Å². The second-order valence-corrected chi connectivity index (χ2v) is 5.46. The van der Waals surface area contributed by atoms with Gasteiger partial charge in [0.1, 0.15) is 12.1 Å². The average Bonchev–Trinajstić information content (AvgIpc) is 3.01. The first-order chi connectivity index (χ1) is 10.7. The lowest BCUT2D eigenvalue weighted by Gasteiger charge is -2.08. The number of aromatic nitrogens is 4. The van der Waals surface area contributed by atoms with E-state index >= 15 is 0 Å². The maximum atomic E-state index is 11.9. The number of rotatable bonds is 5. The van der Waals surface area contributed by atoms with E-state index in [2.05, 4.69) is 46.7 Å². The number of nitrogens with one attached hydrogen (secondary N) is 3. The number of hydrogen-bond donors (Lipinski definition) is 3. The highest BCUT2D eigenvalue weighted by Gasteiger charge is 2.06. The molecule has 0 radical (unpaired) electrons. The van der Waals surface area contributed by atoms with Crippen LogP contribution in [-0.2, 0) is 0 Å². The third-order valence-electron chi connectivity index (χ3n) is 3.06. The SMILES string of the molecule is O=C(NCCNc1ncnc2[nH]ncc12)c1ccc(Br)cc1. The fraction of sp³-hybridized carbons (Fsp3) is 0.143. The lowest BCUT2D eigenvalue weighted by atomic mass is 10.2. The molecule has 8 heteroatoms. The van der Waals surface area contributed by atoms with Gasteiger partial charge in [0, 0.05) is 23.1 Å².